The maximum Gasteiger partial charge on any atom is 0.256 e. The van der Waals surface area contributed by atoms with Gasteiger partial charge in [0.1, 0.15) is 0 Å². The minimum Gasteiger partial charge on any atom is -0.319 e. The van der Waals surface area contributed by atoms with E-state index in [-0.39, 0.29) is 11.1 Å². The fraction of sp³-hybridized carbons (Fsp3) is 0.600. The van der Waals surface area contributed by atoms with Crippen molar-refractivity contribution in [1.29, 1.82) is 0 Å². The third-order valence-electron chi connectivity index (χ3n) is 2.18. The average molecular weight is 212 g/mol. The maximum atomic E-state index is 11.6. The van der Waals surface area contributed by atoms with Crippen LogP contribution in [0.25, 0.3) is 0 Å². The van der Waals surface area contributed by atoms with Gasteiger partial charge in [0.25, 0.3) is 5.56 Å². The SMILES string of the molecule is Cc1cn(C(C)(C)C)c(=S)n(C)c1=O. The van der Waals surface area contributed by atoms with Gasteiger partial charge in [-0.15, -0.1) is 0 Å². The Balaban J connectivity index is 3.67. The number of hydrogen-bond acceptors (Lipinski definition) is 2. The van der Waals surface area contributed by atoms with E-state index < -0.39 is 0 Å². The van der Waals surface area contributed by atoms with Crippen molar-refractivity contribution in [2.45, 2.75) is 33.2 Å². The summed E-state index contributed by atoms with van der Waals surface area (Å²) in [6.07, 6.45) is 1.82. The molecule has 0 fully saturated rings. The Morgan fingerprint density at radius 2 is 1.86 bits per heavy atom. The summed E-state index contributed by atoms with van der Waals surface area (Å²) in [4.78, 5) is 11.6. The molecule has 0 aromatic carbocycles. The molecule has 0 aliphatic rings. The Bertz CT molecular complexity index is 462. The molecule has 0 radical (unpaired) electrons. The first-order chi connectivity index (χ1) is 6.25. The van der Waals surface area contributed by atoms with E-state index in [4.69, 9.17) is 12.2 Å². The summed E-state index contributed by atoms with van der Waals surface area (Å²) >= 11 is 5.21. The normalized spacial score (nSPS) is 11.8. The van der Waals surface area contributed by atoms with Gasteiger partial charge in [0, 0.05) is 24.3 Å². The van der Waals surface area contributed by atoms with E-state index in [9.17, 15) is 4.79 Å². The van der Waals surface area contributed by atoms with Crippen molar-refractivity contribution in [3.05, 3.63) is 26.9 Å². The Morgan fingerprint density at radius 1 is 1.36 bits per heavy atom. The molecular formula is C10H16N2OS. The van der Waals surface area contributed by atoms with Crippen molar-refractivity contribution in [3.8, 4) is 0 Å². The van der Waals surface area contributed by atoms with Crippen LogP contribution in [0.1, 0.15) is 26.3 Å². The smallest absolute Gasteiger partial charge is 0.256 e. The van der Waals surface area contributed by atoms with Crippen LogP contribution < -0.4 is 5.56 Å². The van der Waals surface area contributed by atoms with Crippen LogP contribution in [0.2, 0.25) is 0 Å². The van der Waals surface area contributed by atoms with Crippen LogP contribution in [0.4, 0.5) is 0 Å². The summed E-state index contributed by atoms with van der Waals surface area (Å²) in [5, 5.41) is 0. The molecule has 0 amide bonds. The fourth-order valence-electron chi connectivity index (χ4n) is 1.30. The zero-order chi connectivity index (χ0) is 11.1. The molecule has 3 nitrogen and oxygen atoms in total. The standard InChI is InChI=1S/C10H16N2OS/c1-7-6-12(10(2,3)4)9(14)11(5)8(7)13/h6H,1-5H3. The van der Waals surface area contributed by atoms with E-state index >= 15 is 0 Å². The van der Waals surface area contributed by atoms with E-state index in [0.717, 1.165) is 5.56 Å². The number of rotatable bonds is 0. The summed E-state index contributed by atoms with van der Waals surface area (Å²) in [6.45, 7) is 7.99. The average Bonchev–Trinajstić information content (AvgIpc) is 2.06. The van der Waals surface area contributed by atoms with Crippen molar-refractivity contribution < 1.29 is 0 Å². The number of aromatic nitrogens is 2. The summed E-state index contributed by atoms with van der Waals surface area (Å²) in [5.74, 6) is 0. The molecule has 4 heteroatoms. The predicted octanol–water partition coefficient (Wildman–Crippen LogP) is 1.98. The van der Waals surface area contributed by atoms with Crippen molar-refractivity contribution in [3.63, 3.8) is 0 Å². The topological polar surface area (TPSA) is 26.9 Å². The zero-order valence-electron chi connectivity index (χ0n) is 9.29. The van der Waals surface area contributed by atoms with Crippen LogP contribution in [0, 0.1) is 11.7 Å². The molecule has 0 aliphatic carbocycles. The molecule has 1 aromatic heterocycles. The molecule has 0 N–H and O–H groups in total. The molecule has 1 aromatic rings. The lowest BCUT2D eigenvalue weighted by Gasteiger charge is -2.24. The van der Waals surface area contributed by atoms with Gasteiger partial charge in [0.05, 0.1) is 0 Å². The highest BCUT2D eigenvalue weighted by atomic mass is 32.1. The van der Waals surface area contributed by atoms with Gasteiger partial charge in [-0.1, -0.05) is 0 Å². The van der Waals surface area contributed by atoms with Gasteiger partial charge in [0.2, 0.25) is 0 Å². The van der Waals surface area contributed by atoms with Gasteiger partial charge >= 0.3 is 0 Å². The minimum atomic E-state index is -0.0900. The van der Waals surface area contributed by atoms with E-state index in [1.54, 1.807) is 14.0 Å². The van der Waals surface area contributed by atoms with Crippen molar-refractivity contribution in [2.75, 3.05) is 0 Å². The first kappa shape index (κ1) is 11.2. The lowest BCUT2D eigenvalue weighted by molar-refractivity contribution is 0.374. The van der Waals surface area contributed by atoms with E-state index in [0.29, 0.717) is 4.77 Å². The third kappa shape index (κ3) is 1.80. The summed E-state index contributed by atoms with van der Waals surface area (Å²) in [7, 11) is 1.71. The molecule has 0 spiro atoms. The van der Waals surface area contributed by atoms with Crippen LogP contribution in [0.15, 0.2) is 11.0 Å². The second-order valence-corrected chi connectivity index (χ2v) is 4.86. The van der Waals surface area contributed by atoms with Crippen molar-refractivity contribution in [1.82, 2.24) is 9.13 Å². The largest absolute Gasteiger partial charge is 0.319 e. The fourth-order valence-corrected chi connectivity index (χ4v) is 1.71. The molecule has 1 heterocycles. The minimum absolute atomic E-state index is 0.0181. The van der Waals surface area contributed by atoms with Crippen LogP contribution >= 0.6 is 12.2 Å². The van der Waals surface area contributed by atoms with Crippen LogP contribution in [-0.4, -0.2) is 9.13 Å². The van der Waals surface area contributed by atoms with Crippen molar-refractivity contribution in [2.24, 2.45) is 7.05 Å². The molecule has 0 saturated carbocycles. The lowest BCUT2D eigenvalue weighted by atomic mass is 10.1. The number of hydrogen-bond donors (Lipinski definition) is 0. The molecule has 0 atom stereocenters. The molecule has 0 unspecified atom stereocenters. The Kier molecular flexibility index (Phi) is 2.67. The van der Waals surface area contributed by atoms with Gasteiger partial charge in [-0.2, -0.15) is 0 Å². The zero-order valence-corrected chi connectivity index (χ0v) is 10.1. The molecule has 0 aliphatic heterocycles. The quantitative estimate of drug-likeness (QED) is 0.615. The Morgan fingerprint density at radius 3 is 2.29 bits per heavy atom. The van der Waals surface area contributed by atoms with E-state index in [1.165, 1.54) is 4.57 Å². The van der Waals surface area contributed by atoms with Gasteiger partial charge in [-0.25, -0.2) is 0 Å². The molecule has 1 rings (SSSR count). The highest BCUT2D eigenvalue weighted by molar-refractivity contribution is 7.71. The van der Waals surface area contributed by atoms with Crippen LogP contribution in [-0.2, 0) is 12.6 Å². The second kappa shape index (κ2) is 3.35. The first-order valence-corrected chi connectivity index (χ1v) is 4.96. The number of aryl methyl sites for hydroxylation is 1. The maximum absolute atomic E-state index is 11.6. The van der Waals surface area contributed by atoms with Crippen LogP contribution in [0.3, 0.4) is 0 Å². The Labute approximate surface area is 89.0 Å². The van der Waals surface area contributed by atoms with E-state index in [1.807, 2.05) is 10.8 Å². The van der Waals surface area contributed by atoms with E-state index in [2.05, 4.69) is 20.8 Å². The van der Waals surface area contributed by atoms with Crippen molar-refractivity contribution >= 4 is 12.2 Å². The number of nitrogens with zero attached hydrogens (tertiary/aromatic N) is 2. The summed E-state index contributed by atoms with van der Waals surface area (Å²) in [5.41, 5.74) is 0.611. The summed E-state index contributed by atoms with van der Waals surface area (Å²) < 4.78 is 4.02. The monoisotopic (exact) mass is 212 g/mol. The van der Waals surface area contributed by atoms with Gasteiger partial charge in [-0.05, 0) is 39.9 Å². The predicted molar refractivity (Wildman–Crippen MR) is 60.2 cm³/mol. The Hall–Kier alpha value is -0.900. The van der Waals surface area contributed by atoms with Crippen LogP contribution in [0.5, 0.6) is 0 Å². The molecule has 0 saturated heterocycles. The van der Waals surface area contributed by atoms with Gasteiger partial charge in [-0.3, -0.25) is 9.36 Å². The molecule has 14 heavy (non-hydrogen) atoms. The molecule has 78 valence electrons. The second-order valence-electron chi connectivity index (χ2n) is 4.50. The highest BCUT2D eigenvalue weighted by Gasteiger charge is 2.15. The molecule has 0 bridgehead atoms. The van der Waals surface area contributed by atoms with Gasteiger partial charge in [0.15, 0.2) is 4.77 Å². The summed E-state index contributed by atoms with van der Waals surface area (Å²) in [6, 6.07) is 0. The highest BCUT2D eigenvalue weighted by Crippen LogP contribution is 2.13. The van der Waals surface area contributed by atoms with Gasteiger partial charge < -0.3 is 4.57 Å². The molecular weight excluding hydrogens is 196 g/mol. The third-order valence-corrected chi connectivity index (χ3v) is 2.65. The lowest BCUT2D eigenvalue weighted by Crippen LogP contribution is -2.31. The first-order valence-electron chi connectivity index (χ1n) is 4.55.